The maximum Gasteiger partial charge on any atom is 0.316 e. The number of amides is 2. The van der Waals surface area contributed by atoms with Gasteiger partial charge in [-0.1, -0.05) is 23.7 Å². The van der Waals surface area contributed by atoms with Gasteiger partial charge in [-0.05, 0) is 48.9 Å². The summed E-state index contributed by atoms with van der Waals surface area (Å²) in [6, 6.07) is 13.5. The Balaban J connectivity index is 1.75. The first kappa shape index (κ1) is 20.8. The molecule has 0 saturated carbocycles. The number of rotatable bonds is 8. The highest BCUT2D eigenvalue weighted by Crippen LogP contribution is 2.17. The molecule has 142 valence electrons. The Bertz CT molecular complexity index is 827. The molecule has 6 nitrogen and oxygen atoms in total. The number of anilines is 1. The van der Waals surface area contributed by atoms with Gasteiger partial charge in [0.15, 0.2) is 6.10 Å². The second kappa shape index (κ2) is 9.99. The zero-order valence-electron chi connectivity index (χ0n) is 14.6. The zero-order valence-corrected chi connectivity index (χ0v) is 16.2. The summed E-state index contributed by atoms with van der Waals surface area (Å²) in [5.41, 5.74) is 6.98. The Hall–Kier alpha value is -2.51. The van der Waals surface area contributed by atoms with Crippen LogP contribution in [0.1, 0.15) is 22.8 Å². The van der Waals surface area contributed by atoms with Crippen LogP contribution in [0.2, 0.25) is 5.02 Å². The van der Waals surface area contributed by atoms with Crippen LogP contribution >= 0.6 is 23.4 Å². The molecule has 0 fully saturated rings. The fraction of sp³-hybridized carbons (Fsp3) is 0.211. The lowest BCUT2D eigenvalue weighted by molar-refractivity contribution is -0.150. The van der Waals surface area contributed by atoms with Gasteiger partial charge in [-0.2, -0.15) is 0 Å². The van der Waals surface area contributed by atoms with E-state index in [1.54, 1.807) is 18.2 Å². The Labute approximate surface area is 166 Å². The summed E-state index contributed by atoms with van der Waals surface area (Å²) in [6.07, 6.45) is -0.944. The van der Waals surface area contributed by atoms with E-state index in [-0.39, 0.29) is 5.75 Å². The van der Waals surface area contributed by atoms with Gasteiger partial charge in [0.1, 0.15) is 0 Å². The van der Waals surface area contributed by atoms with Gasteiger partial charge >= 0.3 is 5.97 Å². The lowest BCUT2D eigenvalue weighted by Crippen LogP contribution is -2.30. The number of nitrogens with two attached hydrogens (primary N) is 1. The molecule has 0 spiro atoms. The average Bonchev–Trinajstić information content (AvgIpc) is 2.62. The van der Waals surface area contributed by atoms with Crippen molar-refractivity contribution in [3.05, 3.63) is 64.7 Å². The minimum atomic E-state index is -0.944. The first-order valence-electron chi connectivity index (χ1n) is 8.07. The highest BCUT2D eigenvalue weighted by molar-refractivity contribution is 7.99. The van der Waals surface area contributed by atoms with Crippen molar-refractivity contribution in [3.8, 4) is 0 Å². The van der Waals surface area contributed by atoms with Gasteiger partial charge in [0.25, 0.3) is 5.91 Å². The largest absolute Gasteiger partial charge is 0.452 e. The van der Waals surface area contributed by atoms with Gasteiger partial charge in [-0.15, -0.1) is 11.8 Å². The topological polar surface area (TPSA) is 98.5 Å². The minimum absolute atomic E-state index is 0.122. The number of primary amides is 1. The van der Waals surface area contributed by atoms with E-state index < -0.39 is 23.9 Å². The Kier molecular flexibility index (Phi) is 7.69. The third-order valence-corrected chi connectivity index (χ3v) is 4.70. The summed E-state index contributed by atoms with van der Waals surface area (Å²) in [5.74, 6) is -0.755. The molecule has 0 bridgehead atoms. The van der Waals surface area contributed by atoms with E-state index in [2.05, 4.69) is 5.32 Å². The lowest BCUT2D eigenvalue weighted by atomic mass is 10.2. The van der Waals surface area contributed by atoms with E-state index in [1.807, 2.05) is 18.2 Å². The van der Waals surface area contributed by atoms with E-state index in [1.165, 1.54) is 30.8 Å². The maximum absolute atomic E-state index is 12.1. The molecule has 0 unspecified atom stereocenters. The van der Waals surface area contributed by atoms with Crippen LogP contribution in [0.3, 0.4) is 0 Å². The summed E-state index contributed by atoms with van der Waals surface area (Å²) in [6.45, 7) is 1.49. The van der Waals surface area contributed by atoms with E-state index in [0.717, 1.165) is 5.56 Å². The average molecular weight is 407 g/mol. The number of hydrogen-bond donors (Lipinski definition) is 2. The fourth-order valence-corrected chi connectivity index (χ4v) is 3.09. The van der Waals surface area contributed by atoms with Crippen molar-refractivity contribution in [2.45, 2.75) is 18.8 Å². The van der Waals surface area contributed by atoms with Crippen molar-refractivity contribution in [2.75, 3.05) is 11.1 Å². The van der Waals surface area contributed by atoms with Gasteiger partial charge in [0, 0.05) is 22.0 Å². The summed E-state index contributed by atoms with van der Waals surface area (Å²) < 4.78 is 5.14. The number of esters is 1. The van der Waals surface area contributed by atoms with E-state index >= 15 is 0 Å². The van der Waals surface area contributed by atoms with Gasteiger partial charge in [-0.3, -0.25) is 14.4 Å². The number of hydrogen-bond acceptors (Lipinski definition) is 5. The molecular formula is C19H19ClN2O4S. The van der Waals surface area contributed by atoms with Crippen LogP contribution in [0.15, 0.2) is 48.5 Å². The highest BCUT2D eigenvalue weighted by Gasteiger charge is 2.18. The van der Waals surface area contributed by atoms with Gasteiger partial charge < -0.3 is 15.8 Å². The lowest BCUT2D eigenvalue weighted by Gasteiger charge is -2.13. The molecule has 0 aliphatic rings. The number of benzene rings is 2. The second-order valence-electron chi connectivity index (χ2n) is 5.69. The molecule has 0 radical (unpaired) electrons. The van der Waals surface area contributed by atoms with Crippen molar-refractivity contribution in [1.82, 2.24) is 0 Å². The van der Waals surface area contributed by atoms with Crippen molar-refractivity contribution >= 4 is 46.8 Å². The monoisotopic (exact) mass is 406 g/mol. The quantitative estimate of drug-likeness (QED) is 0.655. The van der Waals surface area contributed by atoms with Crippen LogP contribution in [0.25, 0.3) is 0 Å². The zero-order chi connectivity index (χ0) is 19.8. The molecule has 0 aromatic heterocycles. The number of carbonyl (C=O) groups is 3. The fourth-order valence-electron chi connectivity index (χ4n) is 2.13. The third-order valence-electron chi connectivity index (χ3n) is 3.49. The van der Waals surface area contributed by atoms with Crippen LogP contribution in [-0.4, -0.2) is 29.6 Å². The second-order valence-corrected chi connectivity index (χ2v) is 7.11. The van der Waals surface area contributed by atoms with Crippen molar-refractivity contribution in [2.24, 2.45) is 5.73 Å². The third kappa shape index (κ3) is 6.96. The summed E-state index contributed by atoms with van der Waals surface area (Å²) in [7, 11) is 0. The highest BCUT2D eigenvalue weighted by atomic mass is 35.5. The van der Waals surface area contributed by atoms with E-state index in [9.17, 15) is 14.4 Å². The molecule has 3 N–H and O–H groups in total. The van der Waals surface area contributed by atoms with Crippen molar-refractivity contribution < 1.29 is 19.1 Å². The molecule has 2 aromatic carbocycles. The molecule has 1 atom stereocenters. The smallest absolute Gasteiger partial charge is 0.316 e. The summed E-state index contributed by atoms with van der Waals surface area (Å²) in [4.78, 5) is 35.0. The first-order valence-corrected chi connectivity index (χ1v) is 9.61. The first-order chi connectivity index (χ1) is 12.8. The van der Waals surface area contributed by atoms with Crippen LogP contribution in [0, 0.1) is 0 Å². The minimum Gasteiger partial charge on any atom is -0.452 e. The van der Waals surface area contributed by atoms with Gasteiger partial charge in [0.2, 0.25) is 5.91 Å². The van der Waals surface area contributed by atoms with Crippen LogP contribution < -0.4 is 11.1 Å². The molecule has 0 saturated heterocycles. The predicted octanol–water partition coefficient (Wildman–Crippen LogP) is 3.24. The number of nitrogens with one attached hydrogen (secondary N) is 1. The molecule has 8 heteroatoms. The van der Waals surface area contributed by atoms with Gasteiger partial charge in [-0.25, -0.2) is 0 Å². The number of ether oxygens (including phenoxy) is 1. The predicted molar refractivity (Wildman–Crippen MR) is 107 cm³/mol. The van der Waals surface area contributed by atoms with Crippen molar-refractivity contribution in [1.29, 1.82) is 0 Å². The molecule has 0 heterocycles. The standard InChI is InChI=1S/C19H19ClN2O4S/c1-12(19(25)22-16-7-5-14(6-8-16)18(21)24)26-17(23)11-27-10-13-3-2-4-15(20)9-13/h2-9,12H,10-11H2,1H3,(H2,21,24)(H,22,25)/t12-/m0/s1. The van der Waals surface area contributed by atoms with E-state index in [0.29, 0.717) is 22.0 Å². The SMILES string of the molecule is C[C@H](OC(=O)CSCc1cccc(Cl)c1)C(=O)Nc1ccc(C(N)=O)cc1. The number of carbonyl (C=O) groups excluding carboxylic acids is 3. The summed E-state index contributed by atoms with van der Waals surface area (Å²) in [5, 5.41) is 3.25. The van der Waals surface area contributed by atoms with Crippen molar-refractivity contribution in [3.63, 3.8) is 0 Å². The Morgan fingerprint density at radius 2 is 1.89 bits per heavy atom. The number of thioether (sulfide) groups is 1. The molecule has 27 heavy (non-hydrogen) atoms. The molecule has 2 rings (SSSR count). The number of halogens is 1. The normalized spacial score (nSPS) is 11.5. The Morgan fingerprint density at radius 3 is 2.52 bits per heavy atom. The molecule has 2 amide bonds. The molecular weight excluding hydrogens is 388 g/mol. The van der Waals surface area contributed by atoms with Gasteiger partial charge in [0.05, 0.1) is 5.75 Å². The molecule has 0 aliphatic heterocycles. The molecule has 2 aromatic rings. The maximum atomic E-state index is 12.1. The molecule has 0 aliphatic carbocycles. The van der Waals surface area contributed by atoms with Crippen LogP contribution in [-0.2, 0) is 20.1 Å². The van der Waals surface area contributed by atoms with Crippen LogP contribution in [0.4, 0.5) is 5.69 Å². The Morgan fingerprint density at radius 1 is 1.19 bits per heavy atom. The summed E-state index contributed by atoms with van der Waals surface area (Å²) >= 11 is 7.29. The van der Waals surface area contributed by atoms with Crippen LogP contribution in [0.5, 0.6) is 0 Å². The van der Waals surface area contributed by atoms with E-state index in [4.69, 9.17) is 22.1 Å².